The summed E-state index contributed by atoms with van der Waals surface area (Å²) in [5, 5.41) is 0. The van der Waals surface area contributed by atoms with Crippen LogP contribution in [0.4, 0.5) is 0 Å². The third-order valence-electron chi connectivity index (χ3n) is 10.5. The highest BCUT2D eigenvalue weighted by atomic mass is 14.7. The summed E-state index contributed by atoms with van der Waals surface area (Å²) in [7, 11) is 0. The van der Waals surface area contributed by atoms with Crippen molar-refractivity contribution in [2.75, 3.05) is 0 Å². The summed E-state index contributed by atoms with van der Waals surface area (Å²) in [6, 6.07) is 0. The van der Waals surface area contributed by atoms with Crippen LogP contribution in [0.2, 0.25) is 0 Å². The SMILES string of the molecule is C=C(C)C(=C)C(C)CC1CCC1.C=C(C)C1C(C(=C)C(C)C(C)(C)C)CC2C1C2(C)C.C=C(C)CC(C)(C)C.C=CCC. The first kappa shape index (κ1) is 41.4. The number of rotatable bonds is 9. The molecule has 43 heavy (non-hydrogen) atoms. The molecule has 0 spiro atoms. The van der Waals surface area contributed by atoms with Crippen molar-refractivity contribution in [2.24, 2.45) is 57.7 Å². The zero-order valence-electron chi connectivity index (χ0n) is 31.8. The molecule has 0 aromatic rings. The smallest absolute Gasteiger partial charge is 0.0107 e. The van der Waals surface area contributed by atoms with Crippen LogP contribution in [-0.2, 0) is 0 Å². The molecule has 0 nitrogen and oxygen atoms in total. The molecule has 0 radical (unpaired) electrons. The first-order valence-corrected chi connectivity index (χ1v) is 17.4. The predicted molar refractivity (Wildman–Crippen MR) is 199 cm³/mol. The average Bonchev–Trinajstić information content (AvgIpc) is 3.16. The van der Waals surface area contributed by atoms with Gasteiger partial charge in [-0.15, -0.1) is 13.2 Å². The molecule has 3 aliphatic rings. The van der Waals surface area contributed by atoms with E-state index in [1.165, 1.54) is 54.4 Å². The fraction of sp³-hybridized carbons (Fsp3) is 0.721. The lowest BCUT2D eigenvalue weighted by molar-refractivity contribution is 0.250. The summed E-state index contributed by atoms with van der Waals surface area (Å²) < 4.78 is 0. The number of hydrogen-bond donors (Lipinski definition) is 0. The summed E-state index contributed by atoms with van der Waals surface area (Å²) in [6.07, 6.45) is 11.1. The lowest BCUT2D eigenvalue weighted by Gasteiger charge is -2.36. The maximum Gasteiger partial charge on any atom is -0.0107 e. The van der Waals surface area contributed by atoms with Crippen LogP contribution in [0.1, 0.15) is 142 Å². The molecule has 0 aromatic heterocycles. The zero-order chi connectivity index (χ0) is 34.1. The molecular formula is C43H76. The highest BCUT2D eigenvalue weighted by Crippen LogP contribution is 2.73. The Morgan fingerprint density at radius 3 is 1.67 bits per heavy atom. The van der Waals surface area contributed by atoms with Crippen molar-refractivity contribution in [1.82, 2.24) is 0 Å². The summed E-state index contributed by atoms with van der Waals surface area (Å²) in [6.45, 7) is 55.7. The normalized spacial score (nSPS) is 24.9. The lowest BCUT2D eigenvalue weighted by atomic mass is 9.68. The molecule has 6 unspecified atom stereocenters. The molecule has 0 saturated heterocycles. The van der Waals surface area contributed by atoms with E-state index in [0.717, 1.165) is 36.2 Å². The van der Waals surface area contributed by atoms with Crippen molar-refractivity contribution in [2.45, 2.75) is 142 Å². The Morgan fingerprint density at radius 2 is 1.40 bits per heavy atom. The first-order chi connectivity index (χ1) is 19.4. The number of hydrogen-bond acceptors (Lipinski definition) is 0. The van der Waals surface area contributed by atoms with Crippen LogP contribution in [0.25, 0.3) is 0 Å². The van der Waals surface area contributed by atoms with Gasteiger partial charge in [-0.2, -0.15) is 0 Å². The molecule has 0 heterocycles. The second-order valence-electron chi connectivity index (χ2n) is 17.5. The van der Waals surface area contributed by atoms with E-state index in [1.807, 2.05) is 6.08 Å². The highest BCUT2D eigenvalue weighted by Gasteiger charge is 2.67. The molecule has 248 valence electrons. The van der Waals surface area contributed by atoms with Crippen molar-refractivity contribution in [3.63, 3.8) is 0 Å². The van der Waals surface area contributed by atoms with Gasteiger partial charge in [-0.25, -0.2) is 0 Å². The fourth-order valence-corrected chi connectivity index (χ4v) is 7.23. The molecular weight excluding hydrogens is 516 g/mol. The van der Waals surface area contributed by atoms with E-state index in [2.05, 4.69) is 136 Å². The van der Waals surface area contributed by atoms with Crippen molar-refractivity contribution in [1.29, 1.82) is 0 Å². The van der Waals surface area contributed by atoms with Crippen molar-refractivity contribution < 1.29 is 0 Å². The Kier molecular flexibility index (Phi) is 16.6. The monoisotopic (exact) mass is 593 g/mol. The van der Waals surface area contributed by atoms with Crippen LogP contribution in [0.15, 0.2) is 73.4 Å². The van der Waals surface area contributed by atoms with Crippen LogP contribution in [0.3, 0.4) is 0 Å². The Hall–Kier alpha value is -1.56. The second kappa shape index (κ2) is 17.2. The van der Waals surface area contributed by atoms with Gasteiger partial charge in [0.05, 0.1) is 0 Å². The molecule has 0 amide bonds. The van der Waals surface area contributed by atoms with Gasteiger partial charge in [0, 0.05) is 0 Å². The minimum atomic E-state index is 0.318. The van der Waals surface area contributed by atoms with Crippen LogP contribution < -0.4 is 0 Å². The predicted octanol–water partition coefficient (Wildman–Crippen LogP) is 14.2. The number of fused-ring (bicyclic) bond motifs is 1. The standard InChI is InChI=1S/C19H32.C12H20.C8H16.C4H8/c1-11(2)16-14(10-15-17(16)19(15,8)9)12(3)13(4)18(5,6)7;1-9(2)11(4)10(3)8-12-6-5-7-12;1-7(2)6-8(3,4)5;1-3-4-2/h13-17H,1,3,10H2,2,4-9H3;10,12H,1,4-8H2,2-3H3;1,6H2,2-5H3;3H,1,4H2,2H3. The Labute approximate surface area is 272 Å². The van der Waals surface area contributed by atoms with Gasteiger partial charge in [0.25, 0.3) is 0 Å². The zero-order valence-corrected chi connectivity index (χ0v) is 31.8. The van der Waals surface area contributed by atoms with Gasteiger partial charge < -0.3 is 0 Å². The minimum Gasteiger partial charge on any atom is -0.103 e. The van der Waals surface area contributed by atoms with E-state index in [9.17, 15) is 0 Å². The third kappa shape index (κ3) is 13.5. The maximum atomic E-state index is 4.50. The van der Waals surface area contributed by atoms with Gasteiger partial charge >= 0.3 is 0 Å². The Balaban J connectivity index is 0.000000629. The van der Waals surface area contributed by atoms with E-state index in [0.29, 0.717) is 39.9 Å². The van der Waals surface area contributed by atoms with Crippen molar-refractivity contribution in [3.8, 4) is 0 Å². The van der Waals surface area contributed by atoms with Crippen LogP contribution >= 0.6 is 0 Å². The Bertz CT molecular complexity index is 947. The maximum absolute atomic E-state index is 4.50. The largest absolute Gasteiger partial charge is 0.103 e. The summed E-state index contributed by atoms with van der Waals surface area (Å²) >= 11 is 0. The van der Waals surface area contributed by atoms with Crippen molar-refractivity contribution >= 4 is 0 Å². The van der Waals surface area contributed by atoms with Gasteiger partial charge in [-0.05, 0) is 104 Å². The van der Waals surface area contributed by atoms with Gasteiger partial charge in [0.2, 0.25) is 0 Å². The van der Waals surface area contributed by atoms with Crippen LogP contribution in [0.5, 0.6) is 0 Å². The van der Waals surface area contributed by atoms with E-state index in [4.69, 9.17) is 0 Å². The van der Waals surface area contributed by atoms with Gasteiger partial charge in [0.1, 0.15) is 0 Å². The summed E-state index contributed by atoms with van der Waals surface area (Å²) in [4.78, 5) is 0. The third-order valence-corrected chi connectivity index (χ3v) is 10.5. The molecule has 6 atom stereocenters. The van der Waals surface area contributed by atoms with Gasteiger partial charge in [0.15, 0.2) is 0 Å². The molecule has 0 heteroatoms. The van der Waals surface area contributed by atoms with E-state index in [1.54, 1.807) is 0 Å². The number of allylic oxidation sites excluding steroid dienone is 6. The molecule has 3 saturated carbocycles. The van der Waals surface area contributed by atoms with Crippen LogP contribution in [-0.4, -0.2) is 0 Å². The summed E-state index contributed by atoms with van der Waals surface area (Å²) in [5.41, 5.74) is 7.82. The molecule has 3 fully saturated rings. The quantitative estimate of drug-likeness (QED) is 0.184. The second-order valence-corrected chi connectivity index (χ2v) is 17.5. The molecule has 0 N–H and O–H groups in total. The minimum absolute atomic E-state index is 0.318. The van der Waals surface area contributed by atoms with E-state index >= 15 is 0 Å². The highest BCUT2D eigenvalue weighted by molar-refractivity contribution is 5.28. The van der Waals surface area contributed by atoms with Crippen molar-refractivity contribution in [3.05, 3.63) is 73.4 Å². The topological polar surface area (TPSA) is 0 Å². The average molecular weight is 593 g/mol. The van der Waals surface area contributed by atoms with Crippen LogP contribution in [0, 0.1) is 57.7 Å². The van der Waals surface area contributed by atoms with E-state index in [-0.39, 0.29) is 0 Å². The summed E-state index contributed by atoms with van der Waals surface area (Å²) in [5.74, 6) is 5.33. The van der Waals surface area contributed by atoms with E-state index < -0.39 is 0 Å². The van der Waals surface area contributed by atoms with Gasteiger partial charge in [-0.1, -0.05) is 156 Å². The Morgan fingerprint density at radius 1 is 0.907 bits per heavy atom. The molecule has 0 aliphatic heterocycles. The molecule has 0 bridgehead atoms. The lowest BCUT2D eigenvalue weighted by Crippen LogP contribution is -2.27. The van der Waals surface area contributed by atoms with Gasteiger partial charge in [-0.3, -0.25) is 0 Å². The first-order valence-electron chi connectivity index (χ1n) is 17.4. The fourth-order valence-electron chi connectivity index (χ4n) is 7.23. The molecule has 3 rings (SSSR count). The molecule has 3 aliphatic carbocycles. The molecule has 0 aromatic carbocycles.